The van der Waals surface area contributed by atoms with Crippen LogP contribution in [0.5, 0.6) is 5.75 Å². The van der Waals surface area contributed by atoms with Crippen LogP contribution in [0.2, 0.25) is 0 Å². The zero-order chi connectivity index (χ0) is 10.8. The fourth-order valence-corrected chi connectivity index (χ4v) is 2.37. The van der Waals surface area contributed by atoms with E-state index in [1.165, 1.54) is 17.1 Å². The Kier molecular flexibility index (Phi) is 2.46. The third-order valence-electron chi connectivity index (χ3n) is 2.64. The van der Waals surface area contributed by atoms with E-state index in [0.29, 0.717) is 6.04 Å². The summed E-state index contributed by atoms with van der Waals surface area (Å²) in [4.78, 5) is 0. The van der Waals surface area contributed by atoms with Crippen molar-refractivity contribution in [2.75, 3.05) is 11.9 Å². The van der Waals surface area contributed by atoms with Gasteiger partial charge in [-0.25, -0.2) is 0 Å². The molecule has 4 nitrogen and oxygen atoms in total. The van der Waals surface area contributed by atoms with Gasteiger partial charge in [0.2, 0.25) is 0 Å². The lowest BCUT2D eigenvalue weighted by Crippen LogP contribution is -2.19. The van der Waals surface area contributed by atoms with Gasteiger partial charge < -0.3 is 10.1 Å². The van der Waals surface area contributed by atoms with Crippen LogP contribution in [-0.2, 0) is 0 Å². The van der Waals surface area contributed by atoms with Crippen molar-refractivity contribution >= 4 is 16.5 Å². The number of aromatic nitrogens is 2. The van der Waals surface area contributed by atoms with E-state index in [4.69, 9.17) is 4.74 Å². The lowest BCUT2D eigenvalue weighted by Gasteiger charge is -2.26. The third-order valence-corrected chi connectivity index (χ3v) is 3.23. The van der Waals surface area contributed by atoms with Crippen LogP contribution in [0.25, 0.3) is 0 Å². The smallest absolute Gasteiger partial charge is 0.130 e. The van der Waals surface area contributed by atoms with Crippen molar-refractivity contribution in [1.82, 2.24) is 9.59 Å². The molecule has 82 valence electrons. The standard InChI is InChI=1S/C11H11N3OS/c1-2-4-10-8(3-1)9(5-6-15-10)13-11-7-12-14-16-11/h1-4,7,9,13H,5-6H2. The summed E-state index contributed by atoms with van der Waals surface area (Å²) >= 11 is 1.38. The van der Waals surface area contributed by atoms with Gasteiger partial charge in [-0.05, 0) is 6.07 Å². The van der Waals surface area contributed by atoms with Crippen LogP contribution in [-0.4, -0.2) is 16.2 Å². The van der Waals surface area contributed by atoms with Crippen molar-refractivity contribution < 1.29 is 4.74 Å². The number of hydrogen-bond donors (Lipinski definition) is 1. The largest absolute Gasteiger partial charge is 0.493 e. The second-order valence-electron chi connectivity index (χ2n) is 3.65. The molecule has 2 aromatic rings. The lowest BCUT2D eigenvalue weighted by molar-refractivity contribution is 0.274. The molecule has 1 aliphatic heterocycles. The van der Waals surface area contributed by atoms with E-state index in [9.17, 15) is 0 Å². The number of nitrogens with one attached hydrogen (secondary N) is 1. The number of benzene rings is 1. The summed E-state index contributed by atoms with van der Waals surface area (Å²) in [7, 11) is 0. The van der Waals surface area contributed by atoms with E-state index in [1.807, 2.05) is 18.2 Å². The summed E-state index contributed by atoms with van der Waals surface area (Å²) in [6.45, 7) is 0.751. The summed E-state index contributed by atoms with van der Waals surface area (Å²) in [5.74, 6) is 0.976. The SMILES string of the molecule is c1ccc2c(c1)OCCC2Nc1cnns1. The Bertz CT molecular complexity index is 472. The Hall–Kier alpha value is -1.62. The van der Waals surface area contributed by atoms with Crippen molar-refractivity contribution in [3.8, 4) is 5.75 Å². The highest BCUT2D eigenvalue weighted by atomic mass is 32.1. The summed E-state index contributed by atoms with van der Waals surface area (Å²) < 4.78 is 9.45. The summed E-state index contributed by atoms with van der Waals surface area (Å²) in [5.41, 5.74) is 1.21. The van der Waals surface area contributed by atoms with Crippen molar-refractivity contribution in [2.45, 2.75) is 12.5 Å². The van der Waals surface area contributed by atoms with Crippen molar-refractivity contribution in [1.29, 1.82) is 0 Å². The molecule has 0 saturated carbocycles. The molecule has 1 aromatic carbocycles. The second kappa shape index (κ2) is 4.09. The molecule has 0 saturated heterocycles. The Balaban J connectivity index is 1.87. The van der Waals surface area contributed by atoms with Crippen LogP contribution in [0, 0.1) is 0 Å². The lowest BCUT2D eigenvalue weighted by atomic mass is 10.0. The summed E-state index contributed by atoms with van der Waals surface area (Å²) in [6, 6.07) is 8.43. The van der Waals surface area contributed by atoms with E-state index >= 15 is 0 Å². The van der Waals surface area contributed by atoms with E-state index < -0.39 is 0 Å². The van der Waals surface area contributed by atoms with Crippen LogP contribution in [0.1, 0.15) is 18.0 Å². The van der Waals surface area contributed by atoms with Crippen molar-refractivity contribution in [3.05, 3.63) is 36.0 Å². The zero-order valence-corrected chi connectivity index (χ0v) is 9.41. The van der Waals surface area contributed by atoms with Gasteiger partial charge in [0.05, 0.1) is 18.8 Å². The van der Waals surface area contributed by atoms with E-state index in [2.05, 4.69) is 21.0 Å². The highest BCUT2D eigenvalue weighted by molar-refractivity contribution is 7.09. The fraction of sp³-hybridized carbons (Fsp3) is 0.273. The maximum atomic E-state index is 5.61. The zero-order valence-electron chi connectivity index (χ0n) is 8.59. The van der Waals surface area contributed by atoms with Crippen molar-refractivity contribution in [2.24, 2.45) is 0 Å². The third kappa shape index (κ3) is 1.74. The van der Waals surface area contributed by atoms with Crippen LogP contribution < -0.4 is 10.1 Å². The fourth-order valence-electron chi connectivity index (χ4n) is 1.89. The molecule has 2 heterocycles. The highest BCUT2D eigenvalue weighted by Crippen LogP contribution is 2.34. The van der Waals surface area contributed by atoms with E-state index in [1.54, 1.807) is 6.20 Å². The van der Waals surface area contributed by atoms with Gasteiger partial charge >= 0.3 is 0 Å². The predicted octanol–water partition coefficient (Wildman–Crippen LogP) is 2.47. The Morgan fingerprint density at radius 2 is 2.31 bits per heavy atom. The molecule has 1 N–H and O–H groups in total. The van der Waals surface area contributed by atoms with Gasteiger partial charge in [-0.1, -0.05) is 22.7 Å². The van der Waals surface area contributed by atoms with Crippen LogP contribution in [0.15, 0.2) is 30.5 Å². The first-order valence-electron chi connectivity index (χ1n) is 5.19. The molecule has 0 bridgehead atoms. The number of ether oxygens (including phenoxy) is 1. The molecule has 1 unspecified atom stereocenters. The number of para-hydroxylation sites is 1. The molecule has 5 heteroatoms. The minimum Gasteiger partial charge on any atom is -0.493 e. The first kappa shape index (κ1) is 9.59. The number of fused-ring (bicyclic) bond motifs is 1. The first-order valence-corrected chi connectivity index (χ1v) is 5.96. The maximum absolute atomic E-state index is 5.61. The number of rotatable bonds is 2. The van der Waals surface area contributed by atoms with Crippen LogP contribution in [0.3, 0.4) is 0 Å². The average Bonchev–Trinajstić information content (AvgIpc) is 2.82. The van der Waals surface area contributed by atoms with Gasteiger partial charge in [0, 0.05) is 23.5 Å². The number of hydrogen-bond acceptors (Lipinski definition) is 5. The molecule has 0 aliphatic carbocycles. The van der Waals surface area contributed by atoms with Crippen LogP contribution in [0.4, 0.5) is 5.00 Å². The van der Waals surface area contributed by atoms with E-state index in [-0.39, 0.29) is 0 Å². The summed E-state index contributed by atoms with van der Waals surface area (Å²) in [5, 5.41) is 8.25. The van der Waals surface area contributed by atoms with Gasteiger partial charge in [-0.2, -0.15) is 0 Å². The minimum absolute atomic E-state index is 0.298. The Labute approximate surface area is 97.4 Å². The summed E-state index contributed by atoms with van der Waals surface area (Å²) in [6.07, 6.45) is 2.72. The number of anilines is 1. The van der Waals surface area contributed by atoms with Gasteiger partial charge in [0.15, 0.2) is 0 Å². The molecule has 1 aliphatic rings. The predicted molar refractivity (Wildman–Crippen MR) is 62.8 cm³/mol. The topological polar surface area (TPSA) is 47.0 Å². The molecule has 1 aromatic heterocycles. The van der Waals surface area contributed by atoms with Crippen LogP contribution >= 0.6 is 11.5 Å². The maximum Gasteiger partial charge on any atom is 0.130 e. The molecule has 0 radical (unpaired) electrons. The molecule has 1 atom stereocenters. The van der Waals surface area contributed by atoms with Gasteiger partial charge in [0.1, 0.15) is 10.8 Å². The number of nitrogens with zero attached hydrogens (tertiary/aromatic N) is 2. The molecule has 16 heavy (non-hydrogen) atoms. The normalized spacial score (nSPS) is 18.6. The molecule has 0 spiro atoms. The monoisotopic (exact) mass is 233 g/mol. The Morgan fingerprint density at radius 1 is 1.38 bits per heavy atom. The average molecular weight is 233 g/mol. The molecular formula is C11H11N3OS. The molecule has 3 rings (SSSR count). The van der Waals surface area contributed by atoms with Gasteiger partial charge in [-0.3, -0.25) is 0 Å². The second-order valence-corrected chi connectivity index (χ2v) is 4.44. The Morgan fingerprint density at radius 3 is 3.19 bits per heavy atom. The minimum atomic E-state index is 0.298. The first-order chi connectivity index (χ1) is 7.93. The van der Waals surface area contributed by atoms with Gasteiger partial charge in [-0.15, -0.1) is 5.10 Å². The van der Waals surface area contributed by atoms with Crippen molar-refractivity contribution in [3.63, 3.8) is 0 Å². The highest BCUT2D eigenvalue weighted by Gasteiger charge is 2.21. The molecule has 0 fully saturated rings. The van der Waals surface area contributed by atoms with E-state index in [0.717, 1.165) is 23.8 Å². The molecular weight excluding hydrogens is 222 g/mol. The van der Waals surface area contributed by atoms with Gasteiger partial charge in [0.25, 0.3) is 0 Å². The quantitative estimate of drug-likeness (QED) is 0.865. The molecule has 0 amide bonds.